The first kappa shape index (κ1) is 10.4. The van der Waals surface area contributed by atoms with Crippen LogP contribution in [0.4, 0.5) is 0 Å². The standard InChI is InChI=1S/C9H19NOS/c1-8(10)6-12-7-9-2-4-11-5-3-9/h8-9H,2-7,10H2,1H3. The highest BCUT2D eigenvalue weighted by Gasteiger charge is 2.13. The van der Waals surface area contributed by atoms with E-state index in [-0.39, 0.29) is 0 Å². The molecule has 1 saturated heterocycles. The predicted molar refractivity (Wildman–Crippen MR) is 54.5 cm³/mol. The van der Waals surface area contributed by atoms with Crippen LogP contribution in [0.25, 0.3) is 0 Å². The average Bonchev–Trinajstić information content (AvgIpc) is 2.05. The van der Waals surface area contributed by atoms with Crippen molar-refractivity contribution in [3.63, 3.8) is 0 Å². The topological polar surface area (TPSA) is 35.2 Å². The Morgan fingerprint density at radius 2 is 2.17 bits per heavy atom. The number of hydrogen-bond donors (Lipinski definition) is 1. The lowest BCUT2D eigenvalue weighted by Crippen LogP contribution is -2.21. The molecular weight excluding hydrogens is 170 g/mol. The molecule has 0 aromatic rings. The van der Waals surface area contributed by atoms with Gasteiger partial charge in [0.25, 0.3) is 0 Å². The molecule has 1 unspecified atom stereocenters. The molecule has 0 aromatic heterocycles. The fraction of sp³-hybridized carbons (Fsp3) is 1.00. The molecule has 0 saturated carbocycles. The SMILES string of the molecule is CC(N)CSCC1CCOCC1. The van der Waals surface area contributed by atoms with Crippen molar-refractivity contribution in [2.75, 3.05) is 24.7 Å². The lowest BCUT2D eigenvalue weighted by molar-refractivity contribution is 0.0728. The van der Waals surface area contributed by atoms with Crippen LogP contribution >= 0.6 is 11.8 Å². The van der Waals surface area contributed by atoms with Gasteiger partial charge in [-0.1, -0.05) is 0 Å². The maximum atomic E-state index is 5.66. The molecule has 1 fully saturated rings. The summed E-state index contributed by atoms with van der Waals surface area (Å²) in [5.41, 5.74) is 5.66. The quantitative estimate of drug-likeness (QED) is 0.728. The summed E-state index contributed by atoms with van der Waals surface area (Å²) >= 11 is 1.99. The zero-order valence-electron chi connectivity index (χ0n) is 7.79. The van der Waals surface area contributed by atoms with E-state index in [9.17, 15) is 0 Å². The molecule has 1 atom stereocenters. The second kappa shape index (κ2) is 5.84. The summed E-state index contributed by atoms with van der Waals surface area (Å²) in [6.45, 7) is 3.99. The summed E-state index contributed by atoms with van der Waals surface area (Å²) in [5.74, 6) is 3.24. The van der Waals surface area contributed by atoms with Crippen molar-refractivity contribution in [3.8, 4) is 0 Å². The Balaban J connectivity index is 1.98. The van der Waals surface area contributed by atoms with E-state index >= 15 is 0 Å². The van der Waals surface area contributed by atoms with E-state index in [0.29, 0.717) is 6.04 Å². The molecule has 0 bridgehead atoms. The van der Waals surface area contributed by atoms with Gasteiger partial charge in [0.1, 0.15) is 0 Å². The Kier molecular flexibility index (Phi) is 5.04. The second-order valence-corrected chi connectivity index (χ2v) is 4.65. The third kappa shape index (κ3) is 4.33. The zero-order chi connectivity index (χ0) is 8.81. The Labute approximate surface area is 79.2 Å². The van der Waals surface area contributed by atoms with Crippen LogP contribution in [0.15, 0.2) is 0 Å². The van der Waals surface area contributed by atoms with Crippen molar-refractivity contribution in [2.24, 2.45) is 11.7 Å². The van der Waals surface area contributed by atoms with Crippen LogP contribution in [-0.2, 0) is 4.74 Å². The summed E-state index contributed by atoms with van der Waals surface area (Å²) in [6.07, 6.45) is 2.48. The van der Waals surface area contributed by atoms with Crippen LogP contribution in [0, 0.1) is 5.92 Å². The second-order valence-electron chi connectivity index (χ2n) is 3.57. The Bertz CT molecular complexity index is 113. The summed E-state index contributed by atoms with van der Waals surface area (Å²) in [4.78, 5) is 0. The molecule has 0 radical (unpaired) electrons. The van der Waals surface area contributed by atoms with Crippen LogP contribution in [0.2, 0.25) is 0 Å². The van der Waals surface area contributed by atoms with Crippen molar-refractivity contribution < 1.29 is 4.74 Å². The summed E-state index contributed by atoms with van der Waals surface area (Å²) in [7, 11) is 0. The van der Waals surface area contributed by atoms with Crippen molar-refractivity contribution >= 4 is 11.8 Å². The van der Waals surface area contributed by atoms with Gasteiger partial charge >= 0.3 is 0 Å². The first-order chi connectivity index (χ1) is 5.79. The molecule has 0 spiro atoms. The lowest BCUT2D eigenvalue weighted by atomic mass is 10.0. The molecule has 1 heterocycles. The minimum absolute atomic E-state index is 0.342. The van der Waals surface area contributed by atoms with Gasteiger partial charge in [-0.3, -0.25) is 0 Å². The predicted octanol–water partition coefficient (Wildman–Crippen LogP) is 1.49. The highest BCUT2D eigenvalue weighted by molar-refractivity contribution is 7.99. The summed E-state index contributed by atoms with van der Waals surface area (Å²) in [5, 5.41) is 0. The fourth-order valence-corrected chi connectivity index (χ4v) is 2.51. The van der Waals surface area contributed by atoms with Crippen molar-refractivity contribution in [2.45, 2.75) is 25.8 Å². The van der Waals surface area contributed by atoms with Crippen LogP contribution in [-0.4, -0.2) is 30.8 Å². The van der Waals surface area contributed by atoms with E-state index in [2.05, 4.69) is 6.92 Å². The van der Waals surface area contributed by atoms with E-state index in [0.717, 1.165) is 24.9 Å². The van der Waals surface area contributed by atoms with Gasteiger partial charge in [0.05, 0.1) is 0 Å². The molecule has 12 heavy (non-hydrogen) atoms. The van der Waals surface area contributed by atoms with E-state index < -0.39 is 0 Å². The molecule has 72 valence electrons. The van der Waals surface area contributed by atoms with Gasteiger partial charge in [0, 0.05) is 25.0 Å². The Morgan fingerprint density at radius 3 is 2.75 bits per heavy atom. The van der Waals surface area contributed by atoms with Gasteiger partial charge in [-0.25, -0.2) is 0 Å². The van der Waals surface area contributed by atoms with Gasteiger partial charge in [-0.2, -0.15) is 11.8 Å². The lowest BCUT2D eigenvalue weighted by Gasteiger charge is -2.21. The Hall–Kier alpha value is 0.270. The van der Waals surface area contributed by atoms with Crippen molar-refractivity contribution in [1.29, 1.82) is 0 Å². The van der Waals surface area contributed by atoms with Crippen LogP contribution in [0.3, 0.4) is 0 Å². The van der Waals surface area contributed by atoms with Gasteiger partial charge in [-0.05, 0) is 31.4 Å². The molecule has 0 aromatic carbocycles. The maximum absolute atomic E-state index is 5.66. The van der Waals surface area contributed by atoms with Gasteiger partial charge in [-0.15, -0.1) is 0 Å². The summed E-state index contributed by atoms with van der Waals surface area (Å²) < 4.78 is 5.29. The normalized spacial score (nSPS) is 22.5. The average molecular weight is 189 g/mol. The van der Waals surface area contributed by atoms with E-state index in [1.54, 1.807) is 0 Å². The number of nitrogens with two attached hydrogens (primary N) is 1. The number of rotatable bonds is 4. The van der Waals surface area contributed by atoms with E-state index in [1.807, 2.05) is 11.8 Å². The molecule has 0 aliphatic carbocycles. The largest absolute Gasteiger partial charge is 0.381 e. The fourth-order valence-electron chi connectivity index (χ4n) is 1.33. The highest BCUT2D eigenvalue weighted by Crippen LogP contribution is 2.19. The van der Waals surface area contributed by atoms with Crippen LogP contribution in [0.5, 0.6) is 0 Å². The number of hydrogen-bond acceptors (Lipinski definition) is 3. The van der Waals surface area contributed by atoms with E-state index in [4.69, 9.17) is 10.5 Å². The minimum atomic E-state index is 0.342. The van der Waals surface area contributed by atoms with Crippen molar-refractivity contribution in [1.82, 2.24) is 0 Å². The first-order valence-corrected chi connectivity index (χ1v) is 5.85. The molecule has 1 rings (SSSR count). The molecule has 0 amide bonds. The molecule has 1 aliphatic heterocycles. The van der Waals surface area contributed by atoms with Gasteiger partial charge < -0.3 is 10.5 Å². The van der Waals surface area contributed by atoms with Crippen molar-refractivity contribution in [3.05, 3.63) is 0 Å². The van der Waals surface area contributed by atoms with Gasteiger partial charge in [0.2, 0.25) is 0 Å². The number of ether oxygens (including phenoxy) is 1. The minimum Gasteiger partial charge on any atom is -0.381 e. The van der Waals surface area contributed by atoms with Crippen LogP contribution in [0.1, 0.15) is 19.8 Å². The number of thioether (sulfide) groups is 1. The Morgan fingerprint density at radius 1 is 1.50 bits per heavy atom. The highest BCUT2D eigenvalue weighted by atomic mass is 32.2. The van der Waals surface area contributed by atoms with Crippen LogP contribution < -0.4 is 5.73 Å². The molecule has 2 nitrogen and oxygen atoms in total. The smallest absolute Gasteiger partial charge is 0.0468 e. The monoisotopic (exact) mass is 189 g/mol. The van der Waals surface area contributed by atoms with E-state index in [1.165, 1.54) is 18.6 Å². The molecule has 2 N–H and O–H groups in total. The first-order valence-electron chi connectivity index (χ1n) is 4.70. The molecule has 1 aliphatic rings. The zero-order valence-corrected chi connectivity index (χ0v) is 8.61. The summed E-state index contributed by atoms with van der Waals surface area (Å²) in [6, 6.07) is 0.342. The third-order valence-corrected chi connectivity index (χ3v) is 3.54. The maximum Gasteiger partial charge on any atom is 0.0468 e. The third-order valence-electron chi connectivity index (χ3n) is 2.08. The molecule has 3 heteroatoms. The molecular formula is C9H19NOS. The van der Waals surface area contributed by atoms with Gasteiger partial charge in [0.15, 0.2) is 0 Å².